The third-order valence-corrected chi connectivity index (χ3v) is 3.45. The van der Waals surface area contributed by atoms with Crippen molar-refractivity contribution in [1.29, 1.82) is 0 Å². The predicted octanol–water partition coefficient (Wildman–Crippen LogP) is 2.37. The van der Waals surface area contributed by atoms with Gasteiger partial charge in [0.15, 0.2) is 0 Å². The van der Waals surface area contributed by atoms with Gasteiger partial charge < -0.3 is 4.74 Å². The first-order chi connectivity index (χ1) is 9.50. The molecule has 0 bridgehead atoms. The van der Waals surface area contributed by atoms with E-state index in [4.69, 9.17) is 9.88 Å². The van der Waals surface area contributed by atoms with Gasteiger partial charge in [-0.15, -0.1) is 13.2 Å². The highest BCUT2D eigenvalue weighted by Gasteiger charge is 2.28. The van der Waals surface area contributed by atoms with Gasteiger partial charge in [-0.3, -0.25) is 4.74 Å². The van der Waals surface area contributed by atoms with E-state index in [-0.39, 0.29) is 17.4 Å². The molecule has 120 valence electrons. The molecule has 0 amide bonds. The maximum absolute atomic E-state index is 11.8. The summed E-state index contributed by atoms with van der Waals surface area (Å²) in [5, 5.41) is 5.03. The zero-order chi connectivity index (χ0) is 16.3. The average Bonchev–Trinajstić information content (AvgIpc) is 2.32. The van der Waals surface area contributed by atoms with Crippen LogP contribution in [0.25, 0.3) is 0 Å². The van der Waals surface area contributed by atoms with E-state index in [1.54, 1.807) is 13.8 Å². The second-order valence-electron chi connectivity index (χ2n) is 4.54. The van der Waals surface area contributed by atoms with Crippen molar-refractivity contribution in [3.8, 4) is 5.75 Å². The van der Waals surface area contributed by atoms with Crippen molar-refractivity contribution in [3.63, 3.8) is 0 Å². The topological polar surface area (TPSA) is 78.6 Å². The first kappa shape index (κ1) is 17.7. The van der Waals surface area contributed by atoms with Gasteiger partial charge in [-0.25, -0.2) is 13.6 Å². The lowest BCUT2D eigenvalue weighted by atomic mass is 10.0. The monoisotopic (exact) mass is 327 g/mol. The molecule has 5 nitrogen and oxygen atoms in total. The predicted molar refractivity (Wildman–Crippen MR) is 69.4 cm³/mol. The molecule has 0 saturated carbocycles. The Balaban J connectivity index is 2.83. The molecule has 0 radical (unpaired) electrons. The smallest absolute Gasteiger partial charge is 0.491 e. The van der Waals surface area contributed by atoms with Gasteiger partial charge in [-0.05, 0) is 29.7 Å². The SMILES string of the molecule is CC(C)c1cc(S(N)(=O)=O)ccc1OCCOC(F)(F)F. The van der Waals surface area contributed by atoms with Crippen LogP contribution in [-0.4, -0.2) is 28.0 Å². The molecule has 0 spiro atoms. The standard InChI is InChI=1S/C12H16F3NO4S/c1-8(2)10-7-9(21(16,17)18)3-4-11(10)19-5-6-20-12(13,14)15/h3-4,7-8H,5-6H2,1-2H3,(H2,16,17,18). The summed E-state index contributed by atoms with van der Waals surface area (Å²) in [6.07, 6.45) is -4.71. The number of halogens is 3. The van der Waals surface area contributed by atoms with Gasteiger partial charge in [0.25, 0.3) is 0 Å². The van der Waals surface area contributed by atoms with Gasteiger partial charge in [0.1, 0.15) is 12.4 Å². The highest BCUT2D eigenvalue weighted by Crippen LogP contribution is 2.29. The molecule has 0 atom stereocenters. The Morgan fingerprint density at radius 2 is 1.86 bits per heavy atom. The van der Waals surface area contributed by atoms with Crippen molar-refractivity contribution in [2.45, 2.75) is 31.0 Å². The second-order valence-corrected chi connectivity index (χ2v) is 6.10. The molecule has 9 heteroatoms. The summed E-state index contributed by atoms with van der Waals surface area (Å²) in [7, 11) is -3.85. The average molecular weight is 327 g/mol. The molecule has 0 fully saturated rings. The number of hydrogen-bond donors (Lipinski definition) is 1. The molecule has 0 aliphatic carbocycles. The van der Waals surface area contributed by atoms with Crippen LogP contribution in [0.5, 0.6) is 5.75 Å². The van der Waals surface area contributed by atoms with E-state index in [9.17, 15) is 21.6 Å². The summed E-state index contributed by atoms with van der Waals surface area (Å²) in [5.41, 5.74) is 0.536. The van der Waals surface area contributed by atoms with Crippen molar-refractivity contribution in [2.75, 3.05) is 13.2 Å². The number of alkyl halides is 3. The van der Waals surface area contributed by atoms with Crippen LogP contribution >= 0.6 is 0 Å². The highest BCUT2D eigenvalue weighted by molar-refractivity contribution is 7.89. The van der Waals surface area contributed by atoms with E-state index in [2.05, 4.69) is 4.74 Å². The first-order valence-electron chi connectivity index (χ1n) is 6.01. The summed E-state index contributed by atoms with van der Waals surface area (Å²) in [5.74, 6) is 0.202. The van der Waals surface area contributed by atoms with Gasteiger partial charge in [0.2, 0.25) is 10.0 Å². The van der Waals surface area contributed by atoms with Gasteiger partial charge in [-0.1, -0.05) is 13.8 Å². The van der Waals surface area contributed by atoms with Gasteiger partial charge >= 0.3 is 6.36 Å². The Bertz CT molecular complexity index is 585. The highest BCUT2D eigenvalue weighted by atomic mass is 32.2. The second kappa shape index (κ2) is 6.63. The quantitative estimate of drug-likeness (QED) is 0.814. The Hall–Kier alpha value is -1.32. The lowest BCUT2D eigenvalue weighted by Crippen LogP contribution is -2.18. The molecule has 1 aromatic carbocycles. The van der Waals surface area contributed by atoms with E-state index < -0.39 is 23.0 Å². The molecule has 2 N–H and O–H groups in total. The zero-order valence-corrected chi connectivity index (χ0v) is 12.3. The van der Waals surface area contributed by atoms with Crippen molar-refractivity contribution < 1.29 is 31.1 Å². The van der Waals surface area contributed by atoms with Crippen molar-refractivity contribution in [2.24, 2.45) is 5.14 Å². The van der Waals surface area contributed by atoms with Crippen LogP contribution < -0.4 is 9.88 Å². The minimum atomic E-state index is -4.71. The third kappa shape index (κ3) is 5.90. The zero-order valence-electron chi connectivity index (χ0n) is 11.5. The molecular formula is C12H16F3NO4S. The van der Waals surface area contributed by atoms with Crippen LogP contribution in [-0.2, 0) is 14.8 Å². The Morgan fingerprint density at radius 3 is 2.33 bits per heavy atom. The summed E-state index contributed by atoms with van der Waals surface area (Å²) in [6, 6.07) is 3.95. The van der Waals surface area contributed by atoms with Crippen LogP contribution in [0.3, 0.4) is 0 Å². The fraction of sp³-hybridized carbons (Fsp3) is 0.500. The summed E-state index contributed by atoms with van der Waals surface area (Å²) >= 11 is 0. The van der Waals surface area contributed by atoms with E-state index >= 15 is 0 Å². The molecule has 0 unspecified atom stereocenters. The number of ether oxygens (including phenoxy) is 2. The number of rotatable bonds is 6. The van der Waals surface area contributed by atoms with Crippen molar-refractivity contribution in [1.82, 2.24) is 0 Å². The van der Waals surface area contributed by atoms with Crippen LogP contribution in [0.1, 0.15) is 25.3 Å². The molecule has 21 heavy (non-hydrogen) atoms. The maximum atomic E-state index is 11.8. The summed E-state index contributed by atoms with van der Waals surface area (Å²) < 4.78 is 66.8. The van der Waals surface area contributed by atoms with E-state index in [1.807, 2.05) is 0 Å². The van der Waals surface area contributed by atoms with Crippen LogP contribution in [0.15, 0.2) is 23.1 Å². The minimum Gasteiger partial charge on any atom is -0.491 e. The van der Waals surface area contributed by atoms with E-state index in [0.717, 1.165) is 0 Å². The molecule has 0 aliphatic rings. The summed E-state index contributed by atoms with van der Waals surface area (Å²) in [6.45, 7) is 2.62. The van der Waals surface area contributed by atoms with E-state index in [1.165, 1.54) is 18.2 Å². The third-order valence-electron chi connectivity index (χ3n) is 2.54. The fourth-order valence-corrected chi connectivity index (χ4v) is 2.14. The Morgan fingerprint density at radius 1 is 1.24 bits per heavy atom. The lowest BCUT2D eigenvalue weighted by Gasteiger charge is -2.15. The molecule has 0 aliphatic heterocycles. The molecule has 1 rings (SSSR count). The number of sulfonamides is 1. The molecular weight excluding hydrogens is 311 g/mol. The first-order valence-corrected chi connectivity index (χ1v) is 7.55. The molecule has 0 saturated heterocycles. The molecule has 1 aromatic rings. The largest absolute Gasteiger partial charge is 0.522 e. The van der Waals surface area contributed by atoms with Crippen molar-refractivity contribution >= 4 is 10.0 Å². The maximum Gasteiger partial charge on any atom is 0.522 e. The van der Waals surface area contributed by atoms with Crippen LogP contribution in [0, 0.1) is 0 Å². The van der Waals surface area contributed by atoms with Gasteiger partial charge in [-0.2, -0.15) is 0 Å². The summed E-state index contributed by atoms with van der Waals surface area (Å²) in [4.78, 5) is -0.0786. The lowest BCUT2D eigenvalue weighted by molar-refractivity contribution is -0.325. The van der Waals surface area contributed by atoms with E-state index in [0.29, 0.717) is 11.3 Å². The minimum absolute atomic E-state index is 0.0786. The number of nitrogens with two attached hydrogens (primary N) is 1. The molecule has 0 heterocycles. The van der Waals surface area contributed by atoms with Crippen molar-refractivity contribution in [3.05, 3.63) is 23.8 Å². The van der Waals surface area contributed by atoms with Crippen LogP contribution in [0.4, 0.5) is 13.2 Å². The number of hydrogen-bond acceptors (Lipinski definition) is 4. The number of benzene rings is 1. The number of primary sulfonamides is 1. The Labute approximate surface area is 120 Å². The van der Waals surface area contributed by atoms with Gasteiger partial charge in [0, 0.05) is 0 Å². The fourth-order valence-electron chi connectivity index (χ4n) is 1.60. The van der Waals surface area contributed by atoms with Crippen LogP contribution in [0.2, 0.25) is 0 Å². The van der Waals surface area contributed by atoms with Gasteiger partial charge in [0.05, 0.1) is 11.5 Å². The molecule has 0 aromatic heterocycles. The normalized spacial score (nSPS) is 12.7. The Kier molecular flexibility index (Phi) is 5.60.